The molecule has 1 aromatic rings. The number of carboxylic acid groups (broad SMARTS) is 1. The predicted molar refractivity (Wildman–Crippen MR) is 66.8 cm³/mol. The van der Waals surface area contributed by atoms with E-state index in [4.69, 9.17) is 33.4 Å². The SMILES string of the molecule is O=C(Cc1ccc(Cl)c(Cl)c1)N[C@H](CO)C(=O)O. The van der Waals surface area contributed by atoms with Crippen molar-refractivity contribution < 1.29 is 19.8 Å². The Morgan fingerprint density at radius 3 is 2.44 bits per heavy atom. The quantitative estimate of drug-likeness (QED) is 0.758. The van der Waals surface area contributed by atoms with Gasteiger partial charge in [-0.1, -0.05) is 29.3 Å². The van der Waals surface area contributed by atoms with Gasteiger partial charge >= 0.3 is 5.97 Å². The molecule has 3 N–H and O–H groups in total. The lowest BCUT2D eigenvalue weighted by Crippen LogP contribution is -2.43. The van der Waals surface area contributed by atoms with Gasteiger partial charge in [-0.3, -0.25) is 4.79 Å². The number of aliphatic hydroxyl groups is 1. The lowest BCUT2D eigenvalue weighted by molar-refractivity contribution is -0.142. The summed E-state index contributed by atoms with van der Waals surface area (Å²) in [6, 6.07) is 3.38. The first-order valence-electron chi connectivity index (χ1n) is 5.01. The van der Waals surface area contributed by atoms with Crippen molar-refractivity contribution in [3.8, 4) is 0 Å². The van der Waals surface area contributed by atoms with Crippen molar-refractivity contribution in [1.29, 1.82) is 0 Å². The van der Waals surface area contributed by atoms with Gasteiger partial charge in [-0.25, -0.2) is 4.79 Å². The summed E-state index contributed by atoms with van der Waals surface area (Å²) in [5.74, 6) is -1.81. The first-order chi connectivity index (χ1) is 8.43. The third-order valence-electron chi connectivity index (χ3n) is 2.16. The van der Waals surface area contributed by atoms with Crippen molar-refractivity contribution in [1.82, 2.24) is 5.32 Å². The van der Waals surface area contributed by atoms with E-state index in [1.165, 1.54) is 6.07 Å². The van der Waals surface area contributed by atoms with Crippen LogP contribution in [0.4, 0.5) is 0 Å². The van der Waals surface area contributed by atoms with Crippen LogP contribution in [-0.4, -0.2) is 34.7 Å². The molecular formula is C11H11Cl2NO4. The second-order valence-electron chi connectivity index (χ2n) is 3.57. The van der Waals surface area contributed by atoms with Gasteiger partial charge in [-0.05, 0) is 17.7 Å². The van der Waals surface area contributed by atoms with E-state index in [0.717, 1.165) is 0 Å². The van der Waals surface area contributed by atoms with E-state index in [9.17, 15) is 9.59 Å². The molecule has 0 heterocycles. The van der Waals surface area contributed by atoms with Gasteiger partial charge in [0.2, 0.25) is 5.91 Å². The highest BCUT2D eigenvalue weighted by molar-refractivity contribution is 6.42. The number of nitrogens with one attached hydrogen (secondary N) is 1. The van der Waals surface area contributed by atoms with Crippen molar-refractivity contribution in [3.63, 3.8) is 0 Å². The summed E-state index contributed by atoms with van der Waals surface area (Å²) < 4.78 is 0. The molecule has 0 radical (unpaired) electrons. The number of carboxylic acids is 1. The molecule has 0 aliphatic carbocycles. The number of carbonyl (C=O) groups excluding carboxylic acids is 1. The molecule has 0 unspecified atom stereocenters. The molecule has 0 aliphatic rings. The van der Waals surface area contributed by atoms with Gasteiger partial charge in [0.1, 0.15) is 6.04 Å². The first-order valence-corrected chi connectivity index (χ1v) is 5.76. The molecule has 98 valence electrons. The Balaban J connectivity index is 2.64. The summed E-state index contributed by atoms with van der Waals surface area (Å²) in [5, 5.41) is 20.3. The van der Waals surface area contributed by atoms with Crippen LogP contribution in [0, 0.1) is 0 Å². The van der Waals surface area contributed by atoms with Gasteiger partial charge in [-0.2, -0.15) is 0 Å². The van der Waals surface area contributed by atoms with E-state index >= 15 is 0 Å². The van der Waals surface area contributed by atoms with Crippen molar-refractivity contribution in [3.05, 3.63) is 33.8 Å². The van der Waals surface area contributed by atoms with E-state index in [1.54, 1.807) is 12.1 Å². The molecule has 0 spiro atoms. The Labute approximate surface area is 113 Å². The molecule has 0 fully saturated rings. The van der Waals surface area contributed by atoms with Crippen LogP contribution in [0.1, 0.15) is 5.56 Å². The Morgan fingerprint density at radius 1 is 1.28 bits per heavy atom. The number of halogens is 2. The van der Waals surface area contributed by atoms with E-state index in [1.807, 2.05) is 0 Å². The lowest BCUT2D eigenvalue weighted by Gasteiger charge is -2.11. The number of rotatable bonds is 5. The summed E-state index contributed by atoms with van der Waals surface area (Å²) >= 11 is 11.5. The number of hydrogen-bond donors (Lipinski definition) is 3. The molecule has 1 atom stereocenters. The van der Waals surface area contributed by atoms with Crippen LogP contribution in [0.2, 0.25) is 10.0 Å². The van der Waals surface area contributed by atoms with Crippen molar-refractivity contribution >= 4 is 35.1 Å². The van der Waals surface area contributed by atoms with E-state index < -0.39 is 24.5 Å². The topological polar surface area (TPSA) is 86.6 Å². The third-order valence-corrected chi connectivity index (χ3v) is 2.90. The molecule has 1 aromatic carbocycles. The van der Waals surface area contributed by atoms with Crippen LogP contribution in [0.5, 0.6) is 0 Å². The smallest absolute Gasteiger partial charge is 0.328 e. The maximum Gasteiger partial charge on any atom is 0.328 e. The number of hydrogen-bond acceptors (Lipinski definition) is 3. The lowest BCUT2D eigenvalue weighted by atomic mass is 10.1. The van der Waals surface area contributed by atoms with Crippen LogP contribution in [-0.2, 0) is 16.0 Å². The van der Waals surface area contributed by atoms with Crippen LogP contribution < -0.4 is 5.32 Å². The maximum absolute atomic E-state index is 11.5. The number of aliphatic carboxylic acids is 1. The highest BCUT2D eigenvalue weighted by Crippen LogP contribution is 2.22. The molecule has 7 heteroatoms. The fourth-order valence-corrected chi connectivity index (χ4v) is 1.59. The van der Waals surface area contributed by atoms with Gasteiger partial charge in [0.15, 0.2) is 0 Å². The van der Waals surface area contributed by atoms with Gasteiger partial charge < -0.3 is 15.5 Å². The molecule has 0 saturated carbocycles. The Kier molecular flexibility index (Phi) is 5.40. The largest absolute Gasteiger partial charge is 0.480 e. The zero-order valence-electron chi connectivity index (χ0n) is 9.19. The highest BCUT2D eigenvalue weighted by Gasteiger charge is 2.18. The van der Waals surface area contributed by atoms with E-state index in [2.05, 4.69) is 5.32 Å². The number of amides is 1. The van der Waals surface area contributed by atoms with Crippen LogP contribution in [0.3, 0.4) is 0 Å². The Morgan fingerprint density at radius 2 is 1.94 bits per heavy atom. The van der Waals surface area contributed by atoms with Crippen LogP contribution >= 0.6 is 23.2 Å². The average Bonchev–Trinajstić information content (AvgIpc) is 2.30. The maximum atomic E-state index is 11.5. The van der Waals surface area contributed by atoms with Gasteiger partial charge in [-0.15, -0.1) is 0 Å². The summed E-state index contributed by atoms with van der Waals surface area (Å²) in [5.41, 5.74) is 0.601. The molecule has 0 saturated heterocycles. The monoisotopic (exact) mass is 291 g/mol. The number of benzene rings is 1. The molecule has 0 bridgehead atoms. The number of aliphatic hydroxyl groups excluding tert-OH is 1. The van der Waals surface area contributed by atoms with E-state index in [-0.39, 0.29) is 6.42 Å². The van der Waals surface area contributed by atoms with Crippen molar-refractivity contribution in [2.24, 2.45) is 0 Å². The summed E-state index contributed by atoms with van der Waals surface area (Å²) in [4.78, 5) is 22.1. The average molecular weight is 292 g/mol. The predicted octanol–water partition coefficient (Wildman–Crippen LogP) is 1.10. The molecule has 0 aromatic heterocycles. The standard InChI is InChI=1S/C11H11Cl2NO4/c12-7-2-1-6(3-8(7)13)4-10(16)14-9(5-15)11(17)18/h1-3,9,15H,4-5H2,(H,14,16)(H,17,18)/t9-/m1/s1. The van der Waals surface area contributed by atoms with Crippen LogP contribution in [0.15, 0.2) is 18.2 Å². The molecule has 5 nitrogen and oxygen atoms in total. The van der Waals surface area contributed by atoms with Gasteiger partial charge in [0.05, 0.1) is 23.1 Å². The summed E-state index contributed by atoms with van der Waals surface area (Å²) in [6.07, 6.45) is -0.0410. The van der Waals surface area contributed by atoms with Crippen LogP contribution in [0.25, 0.3) is 0 Å². The first kappa shape index (κ1) is 14.8. The zero-order chi connectivity index (χ0) is 13.7. The summed E-state index contributed by atoms with van der Waals surface area (Å²) in [6.45, 7) is -0.664. The molecular weight excluding hydrogens is 281 g/mol. The minimum Gasteiger partial charge on any atom is -0.480 e. The summed E-state index contributed by atoms with van der Waals surface area (Å²) in [7, 11) is 0. The van der Waals surface area contributed by atoms with E-state index in [0.29, 0.717) is 15.6 Å². The van der Waals surface area contributed by atoms with Gasteiger partial charge in [0.25, 0.3) is 0 Å². The third kappa shape index (κ3) is 4.18. The molecule has 1 rings (SSSR count). The highest BCUT2D eigenvalue weighted by atomic mass is 35.5. The fourth-order valence-electron chi connectivity index (χ4n) is 1.27. The zero-order valence-corrected chi connectivity index (χ0v) is 10.7. The van der Waals surface area contributed by atoms with Crippen molar-refractivity contribution in [2.45, 2.75) is 12.5 Å². The Bertz CT molecular complexity index is 464. The second-order valence-corrected chi connectivity index (χ2v) is 4.38. The molecule has 0 aliphatic heterocycles. The fraction of sp³-hybridized carbons (Fsp3) is 0.273. The number of carbonyl (C=O) groups is 2. The molecule has 1 amide bonds. The Hall–Kier alpha value is -1.30. The minimum atomic E-state index is -1.31. The second kappa shape index (κ2) is 6.58. The van der Waals surface area contributed by atoms with Crippen molar-refractivity contribution in [2.75, 3.05) is 6.61 Å². The van der Waals surface area contributed by atoms with Gasteiger partial charge in [0, 0.05) is 0 Å². The minimum absolute atomic E-state index is 0.0410. The molecule has 18 heavy (non-hydrogen) atoms. The normalized spacial score (nSPS) is 11.9.